The van der Waals surface area contributed by atoms with Crippen LogP contribution in [0.15, 0.2) is 0 Å². The Morgan fingerprint density at radius 3 is 2.87 bits per heavy atom. The van der Waals surface area contributed by atoms with Crippen molar-refractivity contribution in [3.05, 3.63) is 11.6 Å². The Kier molecular flexibility index (Phi) is 1.89. The monoisotopic (exact) mass is 206 g/mol. The van der Waals surface area contributed by atoms with E-state index in [9.17, 15) is 0 Å². The summed E-state index contributed by atoms with van der Waals surface area (Å²) in [6.07, 6.45) is 5.66. The van der Waals surface area contributed by atoms with Crippen molar-refractivity contribution in [2.24, 2.45) is 11.7 Å². The van der Waals surface area contributed by atoms with Gasteiger partial charge < -0.3 is 10.3 Å². The van der Waals surface area contributed by atoms with E-state index in [0.29, 0.717) is 0 Å². The molecule has 82 valence electrons. The Morgan fingerprint density at radius 2 is 2.20 bits per heavy atom. The molecule has 0 radical (unpaired) electrons. The molecule has 0 saturated heterocycles. The fourth-order valence-corrected chi connectivity index (χ4v) is 2.63. The molecule has 0 aromatic carbocycles. The molecule has 1 fully saturated rings. The molecule has 15 heavy (non-hydrogen) atoms. The van der Waals surface area contributed by atoms with Crippen LogP contribution in [0.2, 0.25) is 0 Å². The Balaban J connectivity index is 1.97. The summed E-state index contributed by atoms with van der Waals surface area (Å²) in [5.41, 5.74) is 6.14. The second-order valence-electron chi connectivity index (χ2n) is 5.20. The van der Waals surface area contributed by atoms with Gasteiger partial charge in [0.25, 0.3) is 0 Å². The first-order chi connectivity index (χ1) is 7.19. The number of fused-ring (bicyclic) bond motifs is 1. The van der Waals surface area contributed by atoms with E-state index >= 15 is 0 Å². The number of hydrogen-bond donors (Lipinski definition) is 1. The van der Waals surface area contributed by atoms with Gasteiger partial charge in [0.15, 0.2) is 5.82 Å². The lowest BCUT2D eigenvalue weighted by Gasteiger charge is -2.37. The van der Waals surface area contributed by atoms with Gasteiger partial charge in [0, 0.05) is 13.0 Å². The molecule has 4 heteroatoms. The maximum Gasteiger partial charge on any atom is 0.153 e. The summed E-state index contributed by atoms with van der Waals surface area (Å²) >= 11 is 0. The highest BCUT2D eigenvalue weighted by molar-refractivity contribution is 5.13. The van der Waals surface area contributed by atoms with Crippen molar-refractivity contribution in [3.63, 3.8) is 0 Å². The predicted molar refractivity (Wildman–Crippen MR) is 57.2 cm³/mol. The molecule has 1 aromatic heterocycles. The first kappa shape index (κ1) is 9.33. The fraction of sp³-hybridized carbons (Fsp3) is 0.818. The topological polar surface area (TPSA) is 56.7 Å². The SMILES string of the molecule is CC1CCn2c(nnc2C2(N)CCC2)C1. The lowest BCUT2D eigenvalue weighted by atomic mass is 9.77. The van der Waals surface area contributed by atoms with Gasteiger partial charge in [0.1, 0.15) is 5.82 Å². The summed E-state index contributed by atoms with van der Waals surface area (Å²) in [4.78, 5) is 0. The maximum atomic E-state index is 6.30. The lowest BCUT2D eigenvalue weighted by molar-refractivity contribution is 0.224. The van der Waals surface area contributed by atoms with E-state index in [4.69, 9.17) is 5.73 Å². The van der Waals surface area contributed by atoms with E-state index < -0.39 is 0 Å². The maximum absolute atomic E-state index is 6.30. The van der Waals surface area contributed by atoms with Crippen molar-refractivity contribution in [3.8, 4) is 0 Å². The molecular formula is C11H18N4. The minimum atomic E-state index is -0.161. The Bertz CT molecular complexity index is 378. The summed E-state index contributed by atoms with van der Waals surface area (Å²) < 4.78 is 2.26. The van der Waals surface area contributed by atoms with E-state index in [0.717, 1.165) is 43.4 Å². The molecule has 2 N–H and O–H groups in total. The van der Waals surface area contributed by atoms with Gasteiger partial charge >= 0.3 is 0 Å². The quantitative estimate of drug-likeness (QED) is 0.751. The van der Waals surface area contributed by atoms with Crippen LogP contribution in [0, 0.1) is 5.92 Å². The van der Waals surface area contributed by atoms with Gasteiger partial charge in [-0.15, -0.1) is 10.2 Å². The zero-order valence-corrected chi connectivity index (χ0v) is 9.24. The van der Waals surface area contributed by atoms with Crippen LogP contribution < -0.4 is 5.73 Å². The fourth-order valence-electron chi connectivity index (χ4n) is 2.63. The van der Waals surface area contributed by atoms with Crippen LogP contribution >= 0.6 is 0 Å². The smallest absolute Gasteiger partial charge is 0.153 e. The summed E-state index contributed by atoms with van der Waals surface area (Å²) in [6.45, 7) is 3.33. The zero-order valence-electron chi connectivity index (χ0n) is 9.24. The molecule has 1 aliphatic carbocycles. The standard InChI is InChI=1S/C11H18N4/c1-8-3-6-15-9(7-8)13-14-10(15)11(12)4-2-5-11/h8H,2-7,12H2,1H3. The highest BCUT2D eigenvalue weighted by Crippen LogP contribution is 2.38. The Labute approximate surface area is 89.9 Å². The van der Waals surface area contributed by atoms with Crippen LogP contribution in [0.3, 0.4) is 0 Å². The minimum absolute atomic E-state index is 0.161. The van der Waals surface area contributed by atoms with Crippen molar-refractivity contribution < 1.29 is 0 Å². The van der Waals surface area contributed by atoms with Gasteiger partial charge in [0.05, 0.1) is 5.54 Å². The van der Waals surface area contributed by atoms with E-state index in [2.05, 4.69) is 21.7 Å². The first-order valence-electron chi connectivity index (χ1n) is 5.90. The van der Waals surface area contributed by atoms with Gasteiger partial charge in [-0.3, -0.25) is 0 Å². The third-order valence-corrected chi connectivity index (χ3v) is 3.90. The van der Waals surface area contributed by atoms with Gasteiger partial charge in [-0.05, 0) is 31.6 Å². The van der Waals surface area contributed by atoms with Crippen LogP contribution in [0.5, 0.6) is 0 Å². The highest BCUT2D eigenvalue weighted by Gasteiger charge is 2.40. The second-order valence-corrected chi connectivity index (χ2v) is 5.20. The number of aromatic nitrogens is 3. The Morgan fingerprint density at radius 1 is 1.40 bits per heavy atom. The number of nitrogens with two attached hydrogens (primary N) is 1. The van der Waals surface area contributed by atoms with E-state index in [-0.39, 0.29) is 5.54 Å². The lowest BCUT2D eigenvalue weighted by Crippen LogP contribution is -2.46. The predicted octanol–water partition coefficient (Wildman–Crippen LogP) is 1.20. The summed E-state index contributed by atoms with van der Waals surface area (Å²) in [5, 5.41) is 8.60. The summed E-state index contributed by atoms with van der Waals surface area (Å²) in [7, 11) is 0. The van der Waals surface area contributed by atoms with Gasteiger partial charge in [-0.25, -0.2) is 0 Å². The molecule has 0 bridgehead atoms. The third-order valence-electron chi connectivity index (χ3n) is 3.90. The molecule has 1 unspecified atom stereocenters. The van der Waals surface area contributed by atoms with Crippen LogP contribution in [0.1, 0.15) is 44.3 Å². The molecule has 2 aliphatic rings. The molecular weight excluding hydrogens is 188 g/mol. The Hall–Kier alpha value is -0.900. The van der Waals surface area contributed by atoms with E-state index in [1.54, 1.807) is 0 Å². The largest absolute Gasteiger partial charge is 0.319 e. The number of hydrogen-bond acceptors (Lipinski definition) is 3. The number of nitrogens with zero attached hydrogens (tertiary/aromatic N) is 3. The molecule has 1 aliphatic heterocycles. The zero-order chi connectivity index (χ0) is 10.5. The normalized spacial score (nSPS) is 28.3. The molecule has 1 atom stereocenters. The van der Waals surface area contributed by atoms with Crippen LogP contribution in [-0.2, 0) is 18.5 Å². The first-order valence-corrected chi connectivity index (χ1v) is 5.90. The minimum Gasteiger partial charge on any atom is -0.319 e. The van der Waals surface area contributed by atoms with Gasteiger partial charge in [-0.2, -0.15) is 0 Å². The molecule has 1 saturated carbocycles. The van der Waals surface area contributed by atoms with E-state index in [1.807, 2.05) is 0 Å². The number of rotatable bonds is 1. The van der Waals surface area contributed by atoms with Crippen molar-refractivity contribution in [2.75, 3.05) is 0 Å². The summed E-state index contributed by atoms with van der Waals surface area (Å²) in [5.74, 6) is 2.92. The molecule has 3 rings (SSSR count). The molecule has 0 spiro atoms. The van der Waals surface area contributed by atoms with Crippen molar-refractivity contribution >= 4 is 0 Å². The van der Waals surface area contributed by atoms with Crippen LogP contribution in [-0.4, -0.2) is 14.8 Å². The van der Waals surface area contributed by atoms with Crippen LogP contribution in [0.4, 0.5) is 0 Å². The van der Waals surface area contributed by atoms with Crippen molar-refractivity contribution in [1.82, 2.24) is 14.8 Å². The third kappa shape index (κ3) is 1.31. The van der Waals surface area contributed by atoms with Crippen LogP contribution in [0.25, 0.3) is 0 Å². The van der Waals surface area contributed by atoms with Crippen molar-refractivity contribution in [2.45, 2.75) is 51.1 Å². The molecule has 1 aromatic rings. The molecule has 4 nitrogen and oxygen atoms in total. The average molecular weight is 206 g/mol. The highest BCUT2D eigenvalue weighted by atomic mass is 15.3. The molecule has 0 amide bonds. The molecule has 2 heterocycles. The average Bonchev–Trinajstić information content (AvgIpc) is 2.57. The van der Waals surface area contributed by atoms with Gasteiger partial charge in [-0.1, -0.05) is 6.92 Å². The summed E-state index contributed by atoms with van der Waals surface area (Å²) in [6, 6.07) is 0. The second kappa shape index (κ2) is 3.04. The van der Waals surface area contributed by atoms with E-state index in [1.165, 1.54) is 12.8 Å². The van der Waals surface area contributed by atoms with Gasteiger partial charge in [0.2, 0.25) is 0 Å². The van der Waals surface area contributed by atoms with Crippen molar-refractivity contribution in [1.29, 1.82) is 0 Å².